The Hall–Kier alpha value is -3.60. The van der Waals surface area contributed by atoms with Crippen molar-refractivity contribution in [1.82, 2.24) is 19.4 Å². The number of hydrogen-bond donors (Lipinski definition) is 0. The Balaban J connectivity index is 1.39. The van der Waals surface area contributed by atoms with Crippen molar-refractivity contribution in [3.05, 3.63) is 47.9 Å². The SMILES string of the molecule is CC(C)OC(=O)N1CCC(n2ccc3c(N4CCc5cc(C#N)ccc54)ncnc32)CC1. The van der Waals surface area contributed by atoms with Gasteiger partial charge in [-0.15, -0.1) is 0 Å². The quantitative estimate of drug-likeness (QED) is 0.620. The predicted molar refractivity (Wildman–Crippen MR) is 121 cm³/mol. The second-order valence-electron chi connectivity index (χ2n) is 8.67. The molecule has 0 saturated carbocycles. The normalized spacial score (nSPS) is 16.4. The Morgan fingerprint density at radius 3 is 2.75 bits per heavy atom. The summed E-state index contributed by atoms with van der Waals surface area (Å²) >= 11 is 0. The third-order valence-corrected chi connectivity index (χ3v) is 6.30. The van der Waals surface area contributed by atoms with Crippen LogP contribution in [0.4, 0.5) is 16.3 Å². The molecule has 2 aliphatic heterocycles. The predicted octanol–water partition coefficient (Wildman–Crippen LogP) is 4.18. The van der Waals surface area contributed by atoms with Crippen molar-refractivity contribution in [3.63, 3.8) is 0 Å². The molecule has 0 atom stereocenters. The number of amides is 1. The van der Waals surface area contributed by atoms with E-state index in [0.717, 1.165) is 48.3 Å². The number of anilines is 2. The van der Waals surface area contributed by atoms with Gasteiger partial charge >= 0.3 is 6.09 Å². The maximum atomic E-state index is 12.2. The van der Waals surface area contributed by atoms with Gasteiger partial charge in [0, 0.05) is 37.6 Å². The molecule has 164 valence electrons. The van der Waals surface area contributed by atoms with Crippen LogP contribution in [0.25, 0.3) is 11.0 Å². The number of carbonyl (C=O) groups excluding carboxylic acids is 1. The van der Waals surface area contributed by atoms with E-state index in [1.165, 1.54) is 5.56 Å². The monoisotopic (exact) mass is 430 g/mol. The van der Waals surface area contributed by atoms with E-state index in [1.54, 1.807) is 11.2 Å². The number of rotatable bonds is 3. The second-order valence-corrected chi connectivity index (χ2v) is 8.67. The van der Waals surface area contributed by atoms with Crippen LogP contribution in [0.2, 0.25) is 0 Å². The Bertz CT molecular complexity index is 1200. The van der Waals surface area contributed by atoms with Gasteiger partial charge in [-0.1, -0.05) is 0 Å². The van der Waals surface area contributed by atoms with E-state index in [1.807, 2.05) is 32.0 Å². The molecule has 2 aliphatic rings. The number of carbonyl (C=O) groups is 1. The van der Waals surface area contributed by atoms with Crippen LogP contribution in [0.1, 0.15) is 43.9 Å². The van der Waals surface area contributed by atoms with E-state index in [0.29, 0.717) is 18.7 Å². The highest BCUT2D eigenvalue weighted by molar-refractivity contribution is 5.91. The smallest absolute Gasteiger partial charge is 0.410 e. The van der Waals surface area contributed by atoms with Crippen LogP contribution in [0.5, 0.6) is 0 Å². The number of likely N-dealkylation sites (tertiary alicyclic amines) is 1. The van der Waals surface area contributed by atoms with Crippen molar-refractivity contribution in [2.24, 2.45) is 0 Å². The van der Waals surface area contributed by atoms with Gasteiger partial charge in [-0.3, -0.25) is 0 Å². The van der Waals surface area contributed by atoms with Crippen molar-refractivity contribution < 1.29 is 9.53 Å². The fraction of sp³-hybridized carbons (Fsp3) is 0.417. The fourth-order valence-electron chi connectivity index (χ4n) is 4.76. The number of piperidine rings is 1. The first-order valence-corrected chi connectivity index (χ1v) is 11.1. The maximum Gasteiger partial charge on any atom is 0.410 e. The van der Waals surface area contributed by atoms with Crippen LogP contribution in [0, 0.1) is 11.3 Å². The van der Waals surface area contributed by atoms with Crippen molar-refractivity contribution in [1.29, 1.82) is 5.26 Å². The highest BCUT2D eigenvalue weighted by Gasteiger charge is 2.28. The van der Waals surface area contributed by atoms with Gasteiger partial charge in [-0.25, -0.2) is 14.8 Å². The number of nitriles is 1. The van der Waals surface area contributed by atoms with E-state index in [9.17, 15) is 10.1 Å². The van der Waals surface area contributed by atoms with Gasteiger partial charge in [0.25, 0.3) is 0 Å². The highest BCUT2D eigenvalue weighted by atomic mass is 16.6. The van der Waals surface area contributed by atoms with E-state index >= 15 is 0 Å². The molecule has 5 rings (SSSR count). The van der Waals surface area contributed by atoms with Gasteiger partial charge < -0.3 is 19.1 Å². The lowest BCUT2D eigenvalue weighted by molar-refractivity contribution is 0.0663. The number of aromatic nitrogens is 3. The molecule has 1 fully saturated rings. The summed E-state index contributed by atoms with van der Waals surface area (Å²) in [6.07, 6.45) is 6.00. The Morgan fingerprint density at radius 1 is 1.19 bits per heavy atom. The first-order valence-electron chi connectivity index (χ1n) is 11.1. The molecule has 2 aromatic heterocycles. The van der Waals surface area contributed by atoms with Gasteiger partial charge in [0.1, 0.15) is 17.8 Å². The lowest BCUT2D eigenvalue weighted by Gasteiger charge is -2.32. The lowest BCUT2D eigenvalue weighted by Crippen LogP contribution is -2.40. The summed E-state index contributed by atoms with van der Waals surface area (Å²) in [4.78, 5) is 25.4. The van der Waals surface area contributed by atoms with E-state index in [2.05, 4.69) is 37.8 Å². The topological polar surface area (TPSA) is 87.3 Å². The minimum absolute atomic E-state index is 0.106. The van der Waals surface area contributed by atoms with Crippen molar-refractivity contribution in [2.75, 3.05) is 24.5 Å². The minimum atomic E-state index is -0.229. The molecule has 0 bridgehead atoms. The lowest BCUT2D eigenvalue weighted by atomic mass is 10.1. The zero-order valence-corrected chi connectivity index (χ0v) is 18.4. The molecule has 1 amide bonds. The summed E-state index contributed by atoms with van der Waals surface area (Å²) < 4.78 is 7.56. The van der Waals surface area contributed by atoms with Crippen LogP contribution >= 0.6 is 0 Å². The summed E-state index contributed by atoms with van der Waals surface area (Å²) in [6.45, 7) is 5.92. The van der Waals surface area contributed by atoms with Crippen molar-refractivity contribution >= 4 is 28.6 Å². The largest absolute Gasteiger partial charge is 0.447 e. The molecule has 8 nitrogen and oxygen atoms in total. The van der Waals surface area contributed by atoms with E-state index in [-0.39, 0.29) is 18.2 Å². The van der Waals surface area contributed by atoms with Crippen molar-refractivity contribution in [3.8, 4) is 6.07 Å². The molecule has 8 heteroatoms. The molecule has 32 heavy (non-hydrogen) atoms. The maximum absolute atomic E-state index is 12.2. The first kappa shape index (κ1) is 20.3. The highest BCUT2D eigenvalue weighted by Crippen LogP contribution is 2.38. The molecule has 4 heterocycles. The molecule has 0 N–H and O–H groups in total. The number of fused-ring (bicyclic) bond motifs is 2. The van der Waals surface area contributed by atoms with Gasteiger partial charge in [0.15, 0.2) is 0 Å². The van der Waals surface area contributed by atoms with E-state index in [4.69, 9.17) is 4.74 Å². The second kappa shape index (κ2) is 8.15. The molecular formula is C24H26N6O2. The summed E-state index contributed by atoms with van der Waals surface area (Å²) in [5.41, 5.74) is 3.89. The van der Waals surface area contributed by atoms with Gasteiger partial charge in [0.2, 0.25) is 0 Å². The Labute approximate surface area is 187 Å². The third kappa shape index (κ3) is 3.54. The minimum Gasteiger partial charge on any atom is -0.447 e. The molecule has 3 aromatic rings. The van der Waals surface area contributed by atoms with Gasteiger partial charge in [0.05, 0.1) is 23.1 Å². The molecule has 0 spiro atoms. The molecule has 0 radical (unpaired) electrons. The van der Waals surface area contributed by atoms with Crippen LogP contribution < -0.4 is 4.90 Å². The Morgan fingerprint density at radius 2 is 2.00 bits per heavy atom. The summed E-state index contributed by atoms with van der Waals surface area (Å²) in [5.74, 6) is 0.898. The van der Waals surface area contributed by atoms with Crippen LogP contribution in [-0.4, -0.2) is 51.3 Å². The van der Waals surface area contributed by atoms with E-state index < -0.39 is 0 Å². The summed E-state index contributed by atoms with van der Waals surface area (Å²) in [5, 5.41) is 10.2. The standard InChI is InChI=1S/C24H26N6O2/c1-16(2)32-24(31)28-9-6-19(7-10-28)29-12-8-20-22(29)26-15-27-23(20)30-11-5-18-13-17(14-25)3-4-21(18)30/h3-4,8,12-13,15-16,19H,5-7,9-11H2,1-2H3. The number of nitrogens with zero attached hydrogens (tertiary/aromatic N) is 6. The third-order valence-electron chi connectivity index (χ3n) is 6.30. The first-order chi connectivity index (χ1) is 15.5. The van der Waals surface area contributed by atoms with Crippen LogP contribution in [0.3, 0.4) is 0 Å². The summed E-state index contributed by atoms with van der Waals surface area (Å²) in [7, 11) is 0. The molecular weight excluding hydrogens is 404 g/mol. The Kier molecular flexibility index (Phi) is 5.17. The summed E-state index contributed by atoms with van der Waals surface area (Å²) in [6, 6.07) is 10.4. The van der Waals surface area contributed by atoms with Crippen molar-refractivity contribution in [2.45, 2.75) is 45.3 Å². The van der Waals surface area contributed by atoms with Crippen LogP contribution in [-0.2, 0) is 11.2 Å². The zero-order chi connectivity index (χ0) is 22.2. The number of hydrogen-bond acceptors (Lipinski definition) is 6. The van der Waals surface area contributed by atoms with Gasteiger partial charge in [-0.2, -0.15) is 5.26 Å². The molecule has 1 aromatic carbocycles. The molecule has 0 unspecified atom stereocenters. The number of ether oxygens (including phenoxy) is 1. The van der Waals surface area contributed by atoms with Crippen LogP contribution in [0.15, 0.2) is 36.8 Å². The average Bonchev–Trinajstić information content (AvgIpc) is 3.42. The fourth-order valence-corrected chi connectivity index (χ4v) is 4.76. The molecule has 1 saturated heterocycles. The molecule has 0 aliphatic carbocycles. The number of benzene rings is 1. The van der Waals surface area contributed by atoms with Gasteiger partial charge in [-0.05, 0) is 62.9 Å². The average molecular weight is 431 g/mol. The zero-order valence-electron chi connectivity index (χ0n) is 18.4.